The van der Waals surface area contributed by atoms with Gasteiger partial charge in [-0.1, -0.05) is 9.69 Å². The van der Waals surface area contributed by atoms with Crippen LogP contribution in [0.25, 0.3) is 11.5 Å². The van der Waals surface area contributed by atoms with Crippen LogP contribution in [-0.4, -0.2) is 33.2 Å². The highest BCUT2D eigenvalue weighted by atomic mass is 16.6. The van der Waals surface area contributed by atoms with Crippen molar-refractivity contribution < 1.29 is 14.8 Å². The van der Waals surface area contributed by atoms with Crippen molar-refractivity contribution in [2.75, 3.05) is 18.0 Å². The maximum atomic E-state index is 9.70. The largest absolute Gasteiger partial charge is 0.433 e. The summed E-state index contributed by atoms with van der Waals surface area (Å²) in [6.07, 6.45) is 0. The first-order valence-electron chi connectivity index (χ1n) is 5.05. The van der Waals surface area contributed by atoms with Gasteiger partial charge in [-0.15, -0.1) is 0 Å². The Morgan fingerprint density at radius 2 is 1.94 bits per heavy atom. The molecular formula is C9H14N4O3. The van der Waals surface area contributed by atoms with Crippen LogP contribution in [0.4, 0.5) is 5.82 Å². The molecule has 16 heavy (non-hydrogen) atoms. The molecule has 2 aliphatic rings. The molecule has 0 unspecified atom stereocenters. The third-order valence-electron chi connectivity index (χ3n) is 2.56. The third kappa shape index (κ3) is 1.24. The van der Waals surface area contributed by atoms with Gasteiger partial charge in [-0.2, -0.15) is 0 Å². The number of nitrogens with one attached hydrogen (secondary N) is 1. The number of fused-ring (bicyclic) bond motifs is 1. The summed E-state index contributed by atoms with van der Waals surface area (Å²) in [5.74, 6) is 0.653. The summed E-state index contributed by atoms with van der Waals surface area (Å²) in [7, 11) is 0. The first kappa shape index (κ1) is 10.5. The molecule has 7 nitrogen and oxygen atoms in total. The van der Waals surface area contributed by atoms with Gasteiger partial charge >= 0.3 is 0 Å². The second-order valence-electron chi connectivity index (χ2n) is 3.40. The summed E-state index contributed by atoms with van der Waals surface area (Å²) in [5.41, 5.74) is 0.219. The van der Waals surface area contributed by atoms with Gasteiger partial charge in [0.05, 0.1) is 0 Å². The lowest BCUT2D eigenvalue weighted by Gasteiger charge is -2.19. The predicted octanol–water partition coefficient (Wildman–Crippen LogP) is 0.788. The Kier molecular flexibility index (Phi) is 2.30. The molecule has 0 aromatic rings. The Morgan fingerprint density at radius 1 is 1.31 bits per heavy atom. The molecule has 0 amide bonds. The topological polar surface area (TPSA) is 90.5 Å². The molecule has 7 heteroatoms. The summed E-state index contributed by atoms with van der Waals surface area (Å²) < 4.78 is 5.15. The van der Waals surface area contributed by atoms with Gasteiger partial charge in [0.15, 0.2) is 5.69 Å². The number of nitrogens with zero attached hydrogens (tertiary/aromatic N) is 3. The molecule has 0 bridgehead atoms. The molecule has 0 saturated heterocycles. The molecule has 0 fully saturated rings. The lowest BCUT2D eigenvalue weighted by molar-refractivity contribution is -0.00442. The van der Waals surface area contributed by atoms with Gasteiger partial charge in [-0.3, -0.25) is 5.41 Å². The van der Waals surface area contributed by atoms with Gasteiger partial charge in [0.1, 0.15) is 0 Å². The van der Waals surface area contributed by atoms with E-state index in [1.54, 1.807) is 0 Å². The minimum atomic E-state index is -0.0539. The van der Waals surface area contributed by atoms with Gasteiger partial charge in [0, 0.05) is 19.2 Å². The van der Waals surface area contributed by atoms with Crippen LogP contribution < -0.4 is 10.5 Å². The van der Waals surface area contributed by atoms with Crippen molar-refractivity contribution in [2.24, 2.45) is 0 Å². The molecule has 2 aliphatic heterocycles. The number of rotatable bonds is 3. The maximum Gasteiger partial charge on any atom is 0.214 e. The van der Waals surface area contributed by atoms with Crippen LogP contribution in [0.3, 0.4) is 0 Å². The molecule has 3 N–H and O–H groups in total. The highest BCUT2D eigenvalue weighted by Crippen LogP contribution is 2.32. The number of furan rings is 1. The van der Waals surface area contributed by atoms with E-state index in [0.717, 1.165) is 0 Å². The number of aromatic nitrogens is 2. The smallest absolute Gasteiger partial charge is 0.214 e. The van der Waals surface area contributed by atoms with Gasteiger partial charge in [0.2, 0.25) is 17.1 Å². The molecule has 0 atom stereocenters. The van der Waals surface area contributed by atoms with E-state index in [4.69, 9.17) is 9.83 Å². The Hall–Kier alpha value is -2.05. The van der Waals surface area contributed by atoms with Crippen LogP contribution in [0.2, 0.25) is 0 Å². The van der Waals surface area contributed by atoms with Gasteiger partial charge in [0.25, 0.3) is 0 Å². The summed E-state index contributed by atoms with van der Waals surface area (Å²) >= 11 is 0. The fourth-order valence-corrected chi connectivity index (χ4v) is 1.77. The molecule has 2 heterocycles. The fourth-order valence-electron chi connectivity index (χ4n) is 1.77. The summed E-state index contributed by atoms with van der Waals surface area (Å²) in [6.45, 7) is 5.16. The molecular weight excluding hydrogens is 212 g/mol. The highest BCUT2D eigenvalue weighted by Gasteiger charge is 2.28. The van der Waals surface area contributed by atoms with Crippen molar-refractivity contribution in [3.63, 3.8) is 0 Å². The van der Waals surface area contributed by atoms with E-state index in [0.29, 0.717) is 34.4 Å². The maximum absolute atomic E-state index is 9.70. The molecule has 0 aromatic carbocycles. The molecule has 0 saturated carbocycles. The summed E-state index contributed by atoms with van der Waals surface area (Å²) in [5, 5.41) is 26.7. The van der Waals surface area contributed by atoms with Crippen LogP contribution in [0.5, 0.6) is 0 Å². The molecule has 0 aromatic heterocycles. The summed E-state index contributed by atoms with van der Waals surface area (Å²) in [6, 6.07) is 1.34. The van der Waals surface area contributed by atoms with E-state index in [1.165, 1.54) is 6.07 Å². The average Bonchev–Trinajstić information content (AvgIpc) is 2.73. The zero-order chi connectivity index (χ0) is 11.9. The first-order valence-corrected chi connectivity index (χ1v) is 5.05. The van der Waals surface area contributed by atoms with Crippen LogP contribution in [0, 0.1) is 5.41 Å². The van der Waals surface area contributed by atoms with E-state index in [9.17, 15) is 10.4 Å². The van der Waals surface area contributed by atoms with E-state index >= 15 is 0 Å². The van der Waals surface area contributed by atoms with Gasteiger partial charge in [-0.25, -0.2) is 0 Å². The van der Waals surface area contributed by atoms with Crippen molar-refractivity contribution in [2.45, 2.75) is 13.8 Å². The zero-order valence-electron chi connectivity index (χ0n) is 9.14. The number of hydrogen-bond acceptors (Lipinski definition) is 5. The van der Waals surface area contributed by atoms with Gasteiger partial charge < -0.3 is 19.7 Å². The predicted molar refractivity (Wildman–Crippen MR) is 55.1 cm³/mol. The van der Waals surface area contributed by atoms with Crippen molar-refractivity contribution in [3.05, 3.63) is 11.6 Å². The van der Waals surface area contributed by atoms with Crippen LogP contribution in [-0.2, 0) is 0 Å². The van der Waals surface area contributed by atoms with E-state index in [-0.39, 0.29) is 11.2 Å². The van der Waals surface area contributed by atoms with Crippen molar-refractivity contribution in [3.8, 4) is 11.5 Å². The Labute approximate surface area is 91.5 Å². The molecule has 2 rings (SSSR count). The normalized spacial score (nSPS) is 11.1. The van der Waals surface area contributed by atoms with Crippen molar-refractivity contribution in [1.29, 1.82) is 5.41 Å². The standard InChI is InChI=1S/C9H14N4O3/c1-3-11(4-2)9-8-6(5-7(10)16-8)12(14)13(9)15/h5,10,14-15H,3-4H2,1-2H3. The minimum absolute atomic E-state index is 0.0539. The fraction of sp³-hybridized carbons (Fsp3) is 0.444. The quantitative estimate of drug-likeness (QED) is 0.675. The monoisotopic (exact) mass is 226 g/mol. The molecule has 0 spiro atoms. The Bertz CT molecular complexity index is 520. The highest BCUT2D eigenvalue weighted by molar-refractivity contribution is 5.70. The SMILES string of the molecule is CCN(CC)c1c2oc(=N)cc-2n(O)n1O. The number of anilines is 1. The Balaban J connectivity index is 2.68. The second-order valence-corrected chi connectivity index (χ2v) is 3.40. The minimum Gasteiger partial charge on any atom is -0.433 e. The lowest BCUT2D eigenvalue weighted by Crippen LogP contribution is -2.25. The second kappa shape index (κ2) is 3.51. The van der Waals surface area contributed by atoms with Crippen molar-refractivity contribution >= 4 is 5.82 Å². The van der Waals surface area contributed by atoms with Crippen molar-refractivity contribution in [1.82, 2.24) is 9.69 Å². The third-order valence-corrected chi connectivity index (χ3v) is 2.56. The van der Waals surface area contributed by atoms with E-state index in [1.807, 2.05) is 18.7 Å². The zero-order valence-corrected chi connectivity index (χ0v) is 9.14. The molecule has 88 valence electrons. The van der Waals surface area contributed by atoms with Crippen LogP contribution >= 0.6 is 0 Å². The van der Waals surface area contributed by atoms with Crippen LogP contribution in [0.1, 0.15) is 13.8 Å². The Morgan fingerprint density at radius 3 is 2.50 bits per heavy atom. The molecule has 0 aliphatic carbocycles. The molecule has 0 radical (unpaired) electrons. The average molecular weight is 226 g/mol. The summed E-state index contributed by atoms with van der Waals surface area (Å²) in [4.78, 5) is 2.99. The lowest BCUT2D eigenvalue weighted by atomic mass is 10.3. The number of hydrogen-bond donors (Lipinski definition) is 3. The van der Waals surface area contributed by atoms with E-state index in [2.05, 4.69) is 0 Å². The first-order chi connectivity index (χ1) is 7.60. The van der Waals surface area contributed by atoms with E-state index < -0.39 is 0 Å². The van der Waals surface area contributed by atoms with Crippen LogP contribution in [0.15, 0.2) is 10.5 Å². The van der Waals surface area contributed by atoms with Gasteiger partial charge in [-0.05, 0) is 13.8 Å².